The van der Waals surface area contributed by atoms with E-state index in [4.69, 9.17) is 9.47 Å². The van der Waals surface area contributed by atoms with Gasteiger partial charge < -0.3 is 19.7 Å². The summed E-state index contributed by atoms with van der Waals surface area (Å²) in [7, 11) is 4.26. The van der Waals surface area contributed by atoms with Crippen molar-refractivity contribution in [1.29, 1.82) is 0 Å². The highest BCUT2D eigenvalue weighted by Crippen LogP contribution is 2.53. The Hall–Kier alpha value is -1.28. The second-order valence-corrected chi connectivity index (χ2v) is 19.4. The zero-order chi connectivity index (χ0) is 43.0. The van der Waals surface area contributed by atoms with Gasteiger partial charge in [0, 0.05) is 38.0 Å². The highest BCUT2D eigenvalue weighted by Gasteiger charge is 2.55. The number of fused-ring (bicyclic) bond motifs is 1. The van der Waals surface area contributed by atoms with E-state index in [0.29, 0.717) is 18.5 Å². The fraction of sp³-hybridized carbons (Fsp3) is 0.852. The Morgan fingerprint density at radius 1 is 0.467 bits per heavy atom. The molecule has 6 heteroatoms. The van der Waals surface area contributed by atoms with Crippen molar-refractivity contribution in [2.75, 3.05) is 40.4 Å². The molecular weight excluding hydrogens is 741 g/mol. The summed E-state index contributed by atoms with van der Waals surface area (Å²) in [4.78, 5) is 4.60. The smallest absolute Gasteiger partial charge is 0.169 e. The largest absolute Gasteiger partial charge is 0.395 e. The number of rotatable bonds is 36. The molecule has 1 saturated heterocycles. The Balaban J connectivity index is 1.42. The fourth-order valence-corrected chi connectivity index (χ4v) is 10.5. The fourth-order valence-electron chi connectivity index (χ4n) is 10.5. The number of hydrogen-bond acceptors (Lipinski definition) is 6. The number of unbranched alkanes of at least 4 members (excludes halogenated alkanes) is 18. The average Bonchev–Trinajstić information content (AvgIpc) is 3.61. The van der Waals surface area contributed by atoms with E-state index in [1.807, 2.05) is 0 Å². The van der Waals surface area contributed by atoms with Gasteiger partial charge in [0.1, 0.15) is 0 Å². The highest BCUT2D eigenvalue weighted by molar-refractivity contribution is 5.03. The third kappa shape index (κ3) is 21.4. The Labute approximate surface area is 372 Å². The third-order valence-electron chi connectivity index (χ3n) is 14.5. The zero-order valence-corrected chi connectivity index (χ0v) is 40.0. The molecule has 0 aromatic carbocycles. The summed E-state index contributed by atoms with van der Waals surface area (Å²) in [5.41, 5.74) is 0.434. The van der Waals surface area contributed by atoms with Crippen LogP contribution in [0.3, 0.4) is 0 Å². The van der Waals surface area contributed by atoms with Crippen molar-refractivity contribution in [2.24, 2.45) is 5.41 Å². The van der Waals surface area contributed by atoms with Gasteiger partial charge in [-0.15, -0.1) is 0 Å². The molecule has 0 aromatic heterocycles. The number of aliphatic hydroxyl groups is 2. The van der Waals surface area contributed by atoms with Crippen LogP contribution in [0.2, 0.25) is 0 Å². The summed E-state index contributed by atoms with van der Waals surface area (Å²) < 4.78 is 14.0. The summed E-state index contributed by atoms with van der Waals surface area (Å²) in [6, 6.07) is 0.563. The molecule has 1 spiro atoms. The molecule has 2 saturated carbocycles. The first-order valence-electron chi connectivity index (χ1n) is 26.0. The van der Waals surface area contributed by atoms with Gasteiger partial charge >= 0.3 is 0 Å². The van der Waals surface area contributed by atoms with Gasteiger partial charge in [-0.25, -0.2) is 0 Å². The number of likely N-dealkylation sites (N-methyl/N-ethyl adjacent to an activating group) is 2. The SMILES string of the molecule is CCCCC/C=C/C/C=C/CCCCCCCCC1(CCCCCCCC/C=C/C/C=C/CCCCC)CCC2(CC1)O[C@H]1C[C@@H](N(C)CCO)[C@@H](N(C)CCO)C[C@@H]1O2. The Kier molecular flexibility index (Phi) is 29.4. The minimum absolute atomic E-state index is 0.114. The van der Waals surface area contributed by atoms with Gasteiger partial charge in [0.25, 0.3) is 0 Å². The van der Waals surface area contributed by atoms with E-state index in [-0.39, 0.29) is 37.5 Å². The van der Waals surface area contributed by atoms with Gasteiger partial charge in [0.15, 0.2) is 5.79 Å². The van der Waals surface area contributed by atoms with Crippen LogP contribution in [-0.2, 0) is 9.47 Å². The van der Waals surface area contributed by atoms with Crippen LogP contribution in [0.5, 0.6) is 0 Å². The van der Waals surface area contributed by atoms with Gasteiger partial charge in [-0.1, -0.05) is 152 Å². The van der Waals surface area contributed by atoms with Crippen LogP contribution < -0.4 is 0 Å². The summed E-state index contributed by atoms with van der Waals surface area (Å²) in [6.45, 7) is 6.17. The van der Waals surface area contributed by atoms with Crippen LogP contribution in [0.15, 0.2) is 48.6 Å². The van der Waals surface area contributed by atoms with E-state index in [1.54, 1.807) is 0 Å². The van der Waals surface area contributed by atoms with E-state index < -0.39 is 5.79 Å². The maximum absolute atomic E-state index is 9.75. The van der Waals surface area contributed by atoms with E-state index >= 15 is 0 Å². The monoisotopic (exact) mass is 839 g/mol. The van der Waals surface area contributed by atoms with Crippen LogP contribution in [0.1, 0.15) is 219 Å². The number of ether oxygens (including phenoxy) is 2. The van der Waals surface area contributed by atoms with Crippen molar-refractivity contribution in [1.82, 2.24) is 9.80 Å². The number of allylic oxidation sites excluding steroid dienone is 8. The van der Waals surface area contributed by atoms with Crippen molar-refractivity contribution >= 4 is 0 Å². The lowest BCUT2D eigenvalue weighted by Gasteiger charge is -2.45. The van der Waals surface area contributed by atoms with Gasteiger partial charge in [-0.3, -0.25) is 9.80 Å². The normalized spacial score (nSPS) is 22.9. The second-order valence-electron chi connectivity index (χ2n) is 19.4. The molecule has 3 fully saturated rings. The van der Waals surface area contributed by atoms with Crippen LogP contribution in [0.4, 0.5) is 0 Å². The Morgan fingerprint density at radius 2 is 0.817 bits per heavy atom. The van der Waals surface area contributed by atoms with E-state index in [9.17, 15) is 10.2 Å². The molecule has 0 aromatic rings. The van der Waals surface area contributed by atoms with Crippen molar-refractivity contribution in [3.63, 3.8) is 0 Å². The van der Waals surface area contributed by atoms with Gasteiger partial charge in [-0.05, 0) is 122 Å². The van der Waals surface area contributed by atoms with Crippen molar-refractivity contribution < 1.29 is 19.7 Å². The summed E-state index contributed by atoms with van der Waals surface area (Å²) in [5, 5.41) is 19.5. The number of aliphatic hydroxyl groups excluding tert-OH is 2. The molecule has 0 unspecified atom stereocenters. The first-order valence-corrected chi connectivity index (χ1v) is 26.0. The van der Waals surface area contributed by atoms with Crippen molar-refractivity contribution in [3.05, 3.63) is 48.6 Å². The lowest BCUT2D eigenvalue weighted by molar-refractivity contribution is -0.208. The number of nitrogens with zero attached hydrogens (tertiary/aromatic N) is 2. The third-order valence-corrected chi connectivity index (χ3v) is 14.5. The topological polar surface area (TPSA) is 65.4 Å². The molecule has 348 valence electrons. The number of hydrogen-bond donors (Lipinski definition) is 2. The minimum atomic E-state index is -0.428. The van der Waals surface area contributed by atoms with Crippen molar-refractivity contribution in [2.45, 2.75) is 249 Å². The predicted octanol–water partition coefficient (Wildman–Crippen LogP) is 13.8. The molecule has 4 atom stereocenters. The zero-order valence-electron chi connectivity index (χ0n) is 40.0. The molecule has 2 N–H and O–H groups in total. The molecule has 6 nitrogen and oxygen atoms in total. The van der Waals surface area contributed by atoms with E-state index in [1.165, 1.54) is 167 Å². The molecule has 60 heavy (non-hydrogen) atoms. The maximum Gasteiger partial charge on any atom is 0.169 e. The van der Waals surface area contributed by atoms with Gasteiger partial charge in [-0.2, -0.15) is 0 Å². The molecule has 3 aliphatic rings. The molecule has 1 heterocycles. The maximum atomic E-state index is 9.75. The van der Waals surface area contributed by atoms with Crippen LogP contribution >= 0.6 is 0 Å². The molecule has 0 amide bonds. The lowest BCUT2D eigenvalue weighted by atomic mass is 9.66. The van der Waals surface area contributed by atoms with Crippen LogP contribution in [0.25, 0.3) is 0 Å². The molecule has 0 radical (unpaired) electrons. The Morgan fingerprint density at radius 3 is 1.18 bits per heavy atom. The first-order chi connectivity index (χ1) is 29.4. The lowest BCUT2D eigenvalue weighted by Crippen LogP contribution is -2.57. The highest BCUT2D eigenvalue weighted by atomic mass is 16.8. The summed E-state index contributed by atoms with van der Waals surface area (Å²) >= 11 is 0. The predicted molar refractivity (Wildman–Crippen MR) is 258 cm³/mol. The van der Waals surface area contributed by atoms with Gasteiger partial charge in [0.2, 0.25) is 0 Å². The standard InChI is InChI=1S/C54H98N2O4/c1-5-7-9-11-13-15-17-19-21-23-25-27-29-31-33-35-37-53(38-36-34-32-30-28-26-24-22-20-18-16-14-12-10-8-6-2)39-41-54(42-40-53)59-51-47-49(55(3)43-45-57)50(48-52(51)60-54)56(4)44-46-58/h13-16,19-22,49-52,57-58H,5-12,17-18,23-48H2,1-4H3/b15-13+,16-14+,21-19+,22-20+/t49-,50+,51-,52-/m0/s1. The molecule has 1 aliphatic heterocycles. The molecule has 0 bridgehead atoms. The Bertz CT molecular complexity index is 1060. The van der Waals surface area contributed by atoms with Crippen molar-refractivity contribution in [3.8, 4) is 0 Å². The average molecular weight is 839 g/mol. The van der Waals surface area contributed by atoms with Crippen LogP contribution in [0, 0.1) is 5.41 Å². The summed E-state index contributed by atoms with van der Waals surface area (Å²) in [6.07, 6.45) is 59.7. The van der Waals surface area contributed by atoms with E-state index in [2.05, 4.69) is 86.4 Å². The first kappa shape index (κ1) is 53.1. The molecule has 2 aliphatic carbocycles. The van der Waals surface area contributed by atoms with E-state index in [0.717, 1.165) is 38.5 Å². The molecular formula is C54H98N2O4. The summed E-state index contributed by atoms with van der Waals surface area (Å²) in [5.74, 6) is -0.428. The quantitative estimate of drug-likeness (QED) is 0.0484. The van der Waals surface area contributed by atoms with Crippen LogP contribution in [-0.4, -0.2) is 90.5 Å². The molecule has 3 rings (SSSR count). The van der Waals surface area contributed by atoms with Gasteiger partial charge in [0.05, 0.1) is 25.4 Å². The second kappa shape index (κ2) is 33.3. The minimum Gasteiger partial charge on any atom is -0.395 e.